The summed E-state index contributed by atoms with van der Waals surface area (Å²) in [7, 11) is 0. The highest BCUT2D eigenvalue weighted by atomic mass is 16.5. The SMILES string of the molecule is C=CCN1C(=O)[C@@H]2[C@H](C(=O)NCc3ccccc3)[C@H]3C=C[C@@]2(O3)[C@@H]1C(=O)NC1CCCCC1. The van der Waals surface area contributed by atoms with Crippen LogP contribution >= 0.6 is 0 Å². The number of carbonyl (C=O) groups excluding carboxylic acids is 3. The highest BCUT2D eigenvalue weighted by molar-refractivity contribution is 6.00. The van der Waals surface area contributed by atoms with E-state index >= 15 is 0 Å². The molecule has 7 nitrogen and oxygen atoms in total. The van der Waals surface area contributed by atoms with E-state index in [1.807, 2.05) is 42.5 Å². The third kappa shape index (κ3) is 3.68. The van der Waals surface area contributed by atoms with Crippen LogP contribution in [0.1, 0.15) is 37.7 Å². The second-order valence-corrected chi connectivity index (χ2v) is 9.53. The second kappa shape index (κ2) is 8.78. The van der Waals surface area contributed by atoms with Crippen LogP contribution in [0, 0.1) is 11.8 Å². The molecule has 4 aliphatic rings. The van der Waals surface area contributed by atoms with Gasteiger partial charge in [-0.1, -0.05) is 67.8 Å². The maximum absolute atomic E-state index is 13.6. The summed E-state index contributed by atoms with van der Waals surface area (Å²) in [4.78, 5) is 41.8. The number of ether oxygens (including phenoxy) is 1. The van der Waals surface area contributed by atoms with Crippen LogP contribution in [0.4, 0.5) is 0 Å². The molecule has 0 radical (unpaired) electrons. The Morgan fingerprint density at radius 2 is 1.91 bits per heavy atom. The minimum Gasteiger partial charge on any atom is -0.359 e. The fourth-order valence-electron chi connectivity index (χ4n) is 6.03. The Balaban J connectivity index is 1.38. The standard InChI is InChI=1S/C26H31N3O4/c1-2-15-29-22(24(31)28-18-11-7-4-8-12-18)26-14-13-19(33-26)20(21(26)25(29)32)23(30)27-16-17-9-5-3-6-10-17/h2-3,5-6,9-10,13-14,18-22H,1,4,7-8,11-12,15-16H2,(H,27,30)(H,28,31)/t19-,20-,21+,22+,26+/m1/s1. The van der Waals surface area contributed by atoms with Gasteiger partial charge in [0.15, 0.2) is 0 Å². The Bertz CT molecular complexity index is 971. The number of nitrogens with zero attached hydrogens (tertiary/aromatic N) is 1. The molecule has 1 spiro atoms. The number of hydrogen-bond acceptors (Lipinski definition) is 4. The first kappa shape index (κ1) is 21.9. The lowest BCUT2D eigenvalue weighted by Crippen LogP contribution is -2.56. The van der Waals surface area contributed by atoms with E-state index in [0.717, 1.165) is 31.2 Å². The van der Waals surface area contributed by atoms with Gasteiger partial charge >= 0.3 is 0 Å². The van der Waals surface area contributed by atoms with E-state index in [1.54, 1.807) is 11.0 Å². The van der Waals surface area contributed by atoms with E-state index in [9.17, 15) is 14.4 Å². The first-order chi connectivity index (χ1) is 16.0. The van der Waals surface area contributed by atoms with E-state index < -0.39 is 29.6 Å². The van der Waals surface area contributed by atoms with Crippen LogP contribution in [0.2, 0.25) is 0 Å². The molecule has 2 N–H and O–H groups in total. The molecule has 33 heavy (non-hydrogen) atoms. The van der Waals surface area contributed by atoms with E-state index in [0.29, 0.717) is 6.54 Å². The predicted molar refractivity (Wildman–Crippen MR) is 123 cm³/mol. The number of benzene rings is 1. The topological polar surface area (TPSA) is 87.7 Å². The zero-order valence-corrected chi connectivity index (χ0v) is 18.7. The number of amides is 3. The molecule has 174 valence electrons. The summed E-state index contributed by atoms with van der Waals surface area (Å²) in [6.45, 7) is 4.39. The molecule has 3 amide bonds. The number of fused-ring (bicyclic) bond motifs is 1. The van der Waals surface area contributed by atoms with E-state index in [-0.39, 0.29) is 30.3 Å². The molecule has 0 unspecified atom stereocenters. The molecule has 2 saturated heterocycles. The van der Waals surface area contributed by atoms with Gasteiger partial charge in [0.25, 0.3) is 0 Å². The van der Waals surface area contributed by atoms with Crippen LogP contribution in [0.15, 0.2) is 55.1 Å². The molecule has 1 aromatic carbocycles. The maximum atomic E-state index is 13.6. The predicted octanol–water partition coefficient (Wildman–Crippen LogP) is 2.09. The Morgan fingerprint density at radius 1 is 1.15 bits per heavy atom. The summed E-state index contributed by atoms with van der Waals surface area (Å²) in [5.74, 6) is -2.02. The van der Waals surface area contributed by atoms with Gasteiger partial charge in [-0.05, 0) is 18.4 Å². The molecule has 3 aliphatic heterocycles. The minimum absolute atomic E-state index is 0.120. The zero-order chi connectivity index (χ0) is 23.0. The quantitative estimate of drug-likeness (QED) is 0.624. The fraction of sp³-hybridized carbons (Fsp3) is 0.500. The van der Waals surface area contributed by atoms with Gasteiger partial charge in [-0.15, -0.1) is 6.58 Å². The summed E-state index contributed by atoms with van der Waals surface area (Å²) < 4.78 is 6.31. The molecule has 7 heteroatoms. The summed E-state index contributed by atoms with van der Waals surface area (Å²) in [6.07, 6.45) is 10.1. The lowest BCUT2D eigenvalue weighted by molar-refractivity contribution is -0.141. The number of hydrogen-bond donors (Lipinski definition) is 2. The maximum Gasteiger partial charge on any atom is 0.246 e. The van der Waals surface area contributed by atoms with E-state index in [2.05, 4.69) is 17.2 Å². The first-order valence-electron chi connectivity index (χ1n) is 12.0. The molecule has 1 aliphatic carbocycles. The smallest absolute Gasteiger partial charge is 0.246 e. The molecule has 3 heterocycles. The summed E-state index contributed by atoms with van der Waals surface area (Å²) in [5, 5.41) is 6.14. The van der Waals surface area contributed by atoms with Gasteiger partial charge in [0.05, 0.1) is 17.9 Å². The van der Waals surface area contributed by atoms with Crippen molar-refractivity contribution in [2.75, 3.05) is 6.54 Å². The van der Waals surface area contributed by atoms with Gasteiger partial charge in [-0.2, -0.15) is 0 Å². The van der Waals surface area contributed by atoms with Gasteiger partial charge in [0.2, 0.25) is 17.7 Å². The molecule has 1 saturated carbocycles. The zero-order valence-electron chi connectivity index (χ0n) is 18.7. The van der Waals surface area contributed by atoms with Crippen LogP contribution < -0.4 is 10.6 Å². The van der Waals surface area contributed by atoms with Crippen molar-refractivity contribution in [3.63, 3.8) is 0 Å². The minimum atomic E-state index is -1.11. The number of likely N-dealkylation sites (tertiary alicyclic amines) is 1. The lowest BCUT2D eigenvalue weighted by atomic mass is 9.74. The lowest BCUT2D eigenvalue weighted by Gasteiger charge is -2.33. The van der Waals surface area contributed by atoms with Gasteiger partial charge in [0.1, 0.15) is 11.6 Å². The molecular formula is C26H31N3O4. The van der Waals surface area contributed by atoms with Crippen molar-refractivity contribution in [3.8, 4) is 0 Å². The van der Waals surface area contributed by atoms with Crippen molar-refractivity contribution in [3.05, 3.63) is 60.7 Å². The van der Waals surface area contributed by atoms with Crippen molar-refractivity contribution in [2.24, 2.45) is 11.8 Å². The fourth-order valence-corrected chi connectivity index (χ4v) is 6.03. The highest BCUT2D eigenvalue weighted by Gasteiger charge is 2.72. The Kier molecular flexibility index (Phi) is 5.83. The Morgan fingerprint density at radius 3 is 2.64 bits per heavy atom. The average Bonchev–Trinajstić information content (AvgIpc) is 3.47. The Labute approximate surface area is 194 Å². The van der Waals surface area contributed by atoms with Crippen molar-refractivity contribution in [1.29, 1.82) is 0 Å². The van der Waals surface area contributed by atoms with Crippen LogP contribution in [0.3, 0.4) is 0 Å². The molecule has 1 aromatic rings. The largest absolute Gasteiger partial charge is 0.359 e. The van der Waals surface area contributed by atoms with Crippen molar-refractivity contribution < 1.29 is 19.1 Å². The highest BCUT2D eigenvalue weighted by Crippen LogP contribution is 2.55. The van der Waals surface area contributed by atoms with E-state index in [1.165, 1.54) is 6.42 Å². The van der Waals surface area contributed by atoms with Gasteiger partial charge in [-0.25, -0.2) is 0 Å². The van der Waals surface area contributed by atoms with Crippen molar-refractivity contribution in [1.82, 2.24) is 15.5 Å². The molecule has 2 bridgehead atoms. The van der Waals surface area contributed by atoms with Crippen LogP contribution in [0.25, 0.3) is 0 Å². The summed E-state index contributed by atoms with van der Waals surface area (Å²) >= 11 is 0. The summed E-state index contributed by atoms with van der Waals surface area (Å²) in [5.41, 5.74) is -0.130. The van der Waals surface area contributed by atoms with Crippen LogP contribution in [-0.4, -0.2) is 53.0 Å². The van der Waals surface area contributed by atoms with E-state index in [4.69, 9.17) is 4.74 Å². The van der Waals surface area contributed by atoms with Gasteiger partial charge in [-0.3, -0.25) is 14.4 Å². The number of carbonyl (C=O) groups is 3. The summed E-state index contributed by atoms with van der Waals surface area (Å²) in [6, 6.07) is 8.96. The van der Waals surface area contributed by atoms with Crippen LogP contribution in [-0.2, 0) is 25.7 Å². The third-order valence-corrected chi connectivity index (χ3v) is 7.51. The first-order valence-corrected chi connectivity index (χ1v) is 12.0. The molecule has 5 rings (SSSR count). The molecule has 0 aromatic heterocycles. The average molecular weight is 450 g/mol. The monoisotopic (exact) mass is 449 g/mol. The van der Waals surface area contributed by atoms with Gasteiger partial charge in [0, 0.05) is 19.1 Å². The molecule has 5 atom stereocenters. The van der Waals surface area contributed by atoms with Crippen molar-refractivity contribution in [2.45, 2.75) is 62.4 Å². The third-order valence-electron chi connectivity index (χ3n) is 7.51. The Hall–Kier alpha value is -2.93. The molecule has 3 fully saturated rings. The number of nitrogens with one attached hydrogen (secondary N) is 2. The van der Waals surface area contributed by atoms with Gasteiger partial charge < -0.3 is 20.3 Å². The van der Waals surface area contributed by atoms with Crippen LogP contribution in [0.5, 0.6) is 0 Å². The second-order valence-electron chi connectivity index (χ2n) is 9.53. The molecular weight excluding hydrogens is 418 g/mol. The van der Waals surface area contributed by atoms with Crippen molar-refractivity contribution >= 4 is 17.7 Å². The number of rotatable bonds is 7. The normalized spacial score (nSPS) is 32.6.